The fraction of sp³-hybridized carbons (Fsp3) is 0.500. The average molecular weight is 360 g/mol. The third-order valence-electron chi connectivity index (χ3n) is 4.55. The third kappa shape index (κ3) is 3.99. The van der Waals surface area contributed by atoms with Gasteiger partial charge in [-0.25, -0.2) is 0 Å². The molecule has 0 saturated carbocycles. The van der Waals surface area contributed by atoms with Crippen LogP contribution < -0.4 is 0 Å². The first kappa shape index (κ1) is 17.8. The monoisotopic (exact) mass is 360 g/mol. The lowest BCUT2D eigenvalue weighted by molar-refractivity contribution is -0.143. The quantitative estimate of drug-likeness (QED) is 0.852. The van der Waals surface area contributed by atoms with Crippen LogP contribution in [0, 0.1) is 11.7 Å². The highest BCUT2D eigenvalue weighted by atomic mass is 32.1. The first-order valence-corrected chi connectivity index (χ1v) is 9.00. The molecule has 2 heterocycles. The number of aromatic nitrogens is 3. The van der Waals surface area contributed by atoms with Gasteiger partial charge in [-0.15, -0.1) is 0 Å². The minimum atomic E-state index is 0.0827. The molecule has 1 aromatic carbocycles. The van der Waals surface area contributed by atoms with E-state index in [0.717, 1.165) is 11.4 Å². The third-order valence-corrected chi connectivity index (χ3v) is 4.86. The molecule has 3 rings (SSSR count). The van der Waals surface area contributed by atoms with Gasteiger partial charge in [0.1, 0.15) is 0 Å². The maximum Gasteiger partial charge on any atom is 0.224 e. The van der Waals surface area contributed by atoms with Crippen molar-refractivity contribution in [2.24, 2.45) is 0 Å². The fourth-order valence-corrected chi connectivity index (χ4v) is 3.27. The van der Waals surface area contributed by atoms with Gasteiger partial charge in [0.25, 0.3) is 0 Å². The molecule has 2 aromatic rings. The predicted octanol–water partition coefficient (Wildman–Crippen LogP) is 2.94. The lowest BCUT2D eigenvalue weighted by Gasteiger charge is -2.37. The number of morpholine rings is 1. The summed E-state index contributed by atoms with van der Waals surface area (Å²) in [4.78, 5) is 14.6. The highest BCUT2D eigenvalue weighted by molar-refractivity contribution is 7.71. The Morgan fingerprint density at radius 1 is 1.36 bits per heavy atom. The molecule has 2 unspecified atom stereocenters. The second kappa shape index (κ2) is 7.49. The van der Waals surface area contributed by atoms with E-state index < -0.39 is 0 Å². The van der Waals surface area contributed by atoms with Crippen molar-refractivity contribution in [3.05, 3.63) is 34.6 Å². The summed E-state index contributed by atoms with van der Waals surface area (Å²) in [6.07, 6.45) is 0.475. The van der Waals surface area contributed by atoms with E-state index in [1.807, 2.05) is 54.5 Å². The van der Waals surface area contributed by atoms with Crippen LogP contribution in [0.4, 0.5) is 0 Å². The highest BCUT2D eigenvalue weighted by Crippen LogP contribution is 2.19. The van der Waals surface area contributed by atoms with Gasteiger partial charge in [-0.1, -0.05) is 29.8 Å². The van der Waals surface area contributed by atoms with E-state index in [2.05, 4.69) is 10.2 Å². The van der Waals surface area contributed by atoms with Crippen molar-refractivity contribution in [1.82, 2.24) is 19.7 Å². The van der Waals surface area contributed by atoms with Crippen molar-refractivity contribution in [2.75, 3.05) is 13.2 Å². The van der Waals surface area contributed by atoms with Crippen LogP contribution in [0.15, 0.2) is 24.3 Å². The van der Waals surface area contributed by atoms with Crippen molar-refractivity contribution in [3.63, 3.8) is 0 Å². The van der Waals surface area contributed by atoms with E-state index in [9.17, 15) is 4.79 Å². The topological polar surface area (TPSA) is 63.2 Å². The van der Waals surface area contributed by atoms with Crippen LogP contribution >= 0.6 is 12.2 Å². The fourth-order valence-electron chi connectivity index (χ4n) is 3.05. The highest BCUT2D eigenvalue weighted by Gasteiger charge is 2.27. The van der Waals surface area contributed by atoms with Gasteiger partial charge < -0.3 is 9.64 Å². The molecule has 0 bridgehead atoms. The Labute approximate surface area is 152 Å². The number of aromatic amines is 1. The van der Waals surface area contributed by atoms with Gasteiger partial charge in [-0.05, 0) is 33.0 Å². The van der Waals surface area contributed by atoms with Crippen LogP contribution in [0.5, 0.6) is 0 Å². The number of hydrogen-bond donors (Lipinski definition) is 1. The lowest BCUT2D eigenvalue weighted by Crippen LogP contribution is -2.50. The second-order valence-corrected chi connectivity index (χ2v) is 7.05. The summed E-state index contributed by atoms with van der Waals surface area (Å²) in [5, 5.41) is 7.17. The Kier molecular flexibility index (Phi) is 5.34. The largest absolute Gasteiger partial charge is 0.375 e. The van der Waals surface area contributed by atoms with E-state index in [1.54, 1.807) is 0 Å². The van der Waals surface area contributed by atoms with Gasteiger partial charge in [0, 0.05) is 25.1 Å². The first-order chi connectivity index (χ1) is 12.0. The molecule has 0 aliphatic carbocycles. The maximum atomic E-state index is 12.6. The van der Waals surface area contributed by atoms with Crippen LogP contribution in [0.2, 0.25) is 0 Å². The molecule has 1 aliphatic heterocycles. The molecule has 25 heavy (non-hydrogen) atoms. The Morgan fingerprint density at radius 2 is 2.08 bits per heavy atom. The van der Waals surface area contributed by atoms with E-state index in [1.165, 1.54) is 5.56 Å². The number of aryl methyl sites for hydroxylation is 1. The number of carbonyl (C=O) groups is 1. The Hall–Kier alpha value is -1.99. The lowest BCUT2D eigenvalue weighted by atomic mass is 10.1. The molecule has 2 atom stereocenters. The zero-order valence-corrected chi connectivity index (χ0v) is 15.7. The van der Waals surface area contributed by atoms with E-state index in [4.69, 9.17) is 17.0 Å². The molecule has 0 radical (unpaired) electrons. The minimum Gasteiger partial charge on any atom is -0.375 e. The van der Waals surface area contributed by atoms with Crippen LogP contribution in [-0.4, -0.2) is 50.9 Å². The number of nitrogens with zero attached hydrogens (tertiary/aromatic N) is 3. The molecule has 1 aromatic heterocycles. The van der Waals surface area contributed by atoms with E-state index >= 15 is 0 Å². The predicted molar refractivity (Wildman–Crippen MR) is 98.8 cm³/mol. The molecule has 1 fully saturated rings. The van der Waals surface area contributed by atoms with Gasteiger partial charge in [0.05, 0.1) is 18.8 Å². The Morgan fingerprint density at radius 3 is 2.80 bits per heavy atom. The number of ether oxygens (including phenoxy) is 1. The van der Waals surface area contributed by atoms with E-state index in [-0.39, 0.29) is 18.1 Å². The molecular weight excluding hydrogens is 336 g/mol. The van der Waals surface area contributed by atoms with Gasteiger partial charge in [-0.2, -0.15) is 5.10 Å². The summed E-state index contributed by atoms with van der Waals surface area (Å²) in [6, 6.07) is 8.23. The number of rotatable bonds is 4. The number of nitrogens with one attached hydrogen (secondary N) is 1. The molecule has 1 saturated heterocycles. The zero-order chi connectivity index (χ0) is 18.0. The van der Waals surface area contributed by atoms with Crippen molar-refractivity contribution >= 4 is 18.1 Å². The zero-order valence-electron chi connectivity index (χ0n) is 14.9. The van der Waals surface area contributed by atoms with Crippen LogP contribution in [0.25, 0.3) is 11.4 Å². The summed E-state index contributed by atoms with van der Waals surface area (Å²) >= 11 is 5.35. The van der Waals surface area contributed by atoms with Crippen LogP contribution in [0.3, 0.4) is 0 Å². The molecule has 1 amide bonds. The second-order valence-electron chi connectivity index (χ2n) is 6.66. The molecular formula is C18H24N4O2S. The maximum absolute atomic E-state index is 12.6. The molecule has 7 heteroatoms. The Balaban J connectivity index is 1.73. The standard InChI is InChI=1S/C18H24N4O2S/c1-12-4-6-15(7-5-12)17-19-20-18(25)21(17)9-8-16(23)22-10-14(3)24-11-13(22)2/h4-7,13-14H,8-11H2,1-3H3,(H,20,25). The number of benzene rings is 1. The normalized spacial score (nSPS) is 20.7. The minimum absolute atomic E-state index is 0.0827. The summed E-state index contributed by atoms with van der Waals surface area (Å²) in [7, 11) is 0. The SMILES string of the molecule is Cc1ccc(-c2n[nH]c(=S)n2CCC(=O)N2CC(C)OCC2C)cc1. The van der Waals surface area contributed by atoms with Gasteiger partial charge in [0.2, 0.25) is 5.91 Å². The number of amides is 1. The number of H-pyrrole nitrogens is 1. The van der Waals surface area contributed by atoms with Crippen LogP contribution in [-0.2, 0) is 16.1 Å². The molecule has 0 spiro atoms. The van der Waals surface area contributed by atoms with Crippen LogP contribution in [0.1, 0.15) is 25.8 Å². The number of hydrogen-bond acceptors (Lipinski definition) is 4. The number of carbonyl (C=O) groups excluding carboxylic acids is 1. The molecule has 1 aliphatic rings. The van der Waals surface area contributed by atoms with Gasteiger partial charge in [0.15, 0.2) is 10.6 Å². The Bertz CT molecular complexity index is 796. The average Bonchev–Trinajstić information content (AvgIpc) is 2.96. The van der Waals surface area contributed by atoms with Crippen molar-refractivity contribution in [2.45, 2.75) is 45.9 Å². The van der Waals surface area contributed by atoms with E-state index in [0.29, 0.717) is 30.9 Å². The molecule has 134 valence electrons. The summed E-state index contributed by atoms with van der Waals surface area (Å²) in [5.74, 6) is 0.891. The van der Waals surface area contributed by atoms with Gasteiger partial charge in [-0.3, -0.25) is 14.5 Å². The molecule has 6 nitrogen and oxygen atoms in total. The first-order valence-electron chi connectivity index (χ1n) is 8.59. The summed E-state index contributed by atoms with van der Waals surface area (Å²) in [6.45, 7) is 7.80. The summed E-state index contributed by atoms with van der Waals surface area (Å²) < 4.78 is 8.03. The van der Waals surface area contributed by atoms with Crippen molar-refractivity contribution in [3.8, 4) is 11.4 Å². The van der Waals surface area contributed by atoms with Crippen molar-refractivity contribution in [1.29, 1.82) is 0 Å². The summed E-state index contributed by atoms with van der Waals surface area (Å²) in [5.41, 5.74) is 2.17. The van der Waals surface area contributed by atoms with Gasteiger partial charge >= 0.3 is 0 Å². The molecule has 1 N–H and O–H groups in total. The van der Waals surface area contributed by atoms with Crippen molar-refractivity contribution < 1.29 is 9.53 Å². The smallest absolute Gasteiger partial charge is 0.224 e.